The van der Waals surface area contributed by atoms with Crippen LogP contribution < -0.4 is 0 Å². The fourth-order valence-electron chi connectivity index (χ4n) is 2.22. The van der Waals surface area contributed by atoms with Gasteiger partial charge in [0.15, 0.2) is 4.67 Å². The van der Waals surface area contributed by atoms with Crippen molar-refractivity contribution < 1.29 is 18.7 Å². The third-order valence-electron chi connectivity index (χ3n) is 3.14. The molecule has 0 aliphatic carbocycles. The van der Waals surface area contributed by atoms with Crippen LogP contribution in [0.3, 0.4) is 0 Å². The average molecular weight is 330 g/mol. The number of carbonyl (C=O) groups is 2. The number of halogens is 1. The molecule has 0 N–H and O–H groups in total. The molecule has 1 atom stereocenters. The normalized spacial score (nSPS) is 19.3. The largest absolute Gasteiger partial charge is 0.466 e. The molecule has 1 saturated heterocycles. The Bertz CT molecular complexity index is 471. The quantitative estimate of drug-likeness (QED) is 0.799. The summed E-state index contributed by atoms with van der Waals surface area (Å²) >= 11 is 3.17. The predicted octanol–water partition coefficient (Wildman–Crippen LogP) is 2.46. The molecule has 1 unspecified atom stereocenters. The Kier molecular flexibility index (Phi) is 4.63. The third-order valence-corrected chi connectivity index (χ3v) is 3.56. The van der Waals surface area contributed by atoms with Crippen LogP contribution in [0.4, 0.5) is 0 Å². The first kappa shape index (κ1) is 14.1. The van der Waals surface area contributed by atoms with E-state index < -0.39 is 0 Å². The molecule has 5 nitrogen and oxygen atoms in total. The summed E-state index contributed by atoms with van der Waals surface area (Å²) in [5, 5.41) is 0. The van der Waals surface area contributed by atoms with Crippen LogP contribution in [0.25, 0.3) is 0 Å². The lowest BCUT2D eigenvalue weighted by atomic mass is 9.98. The molecule has 1 aliphatic heterocycles. The van der Waals surface area contributed by atoms with Crippen LogP contribution in [0.15, 0.2) is 21.4 Å². The molecule has 0 aromatic carbocycles. The first-order chi connectivity index (χ1) is 9.11. The van der Waals surface area contributed by atoms with Gasteiger partial charge in [-0.2, -0.15) is 0 Å². The van der Waals surface area contributed by atoms with Crippen molar-refractivity contribution in [2.45, 2.75) is 19.8 Å². The Morgan fingerprint density at radius 2 is 2.37 bits per heavy atom. The number of rotatable bonds is 3. The van der Waals surface area contributed by atoms with E-state index in [1.807, 2.05) is 0 Å². The second kappa shape index (κ2) is 6.23. The van der Waals surface area contributed by atoms with E-state index in [1.165, 1.54) is 6.26 Å². The molecule has 1 amide bonds. The van der Waals surface area contributed by atoms with Crippen LogP contribution >= 0.6 is 15.9 Å². The molecule has 0 radical (unpaired) electrons. The van der Waals surface area contributed by atoms with Crippen LogP contribution in [0.5, 0.6) is 0 Å². The van der Waals surface area contributed by atoms with Gasteiger partial charge in [-0.3, -0.25) is 9.59 Å². The van der Waals surface area contributed by atoms with E-state index in [9.17, 15) is 9.59 Å². The second-order valence-corrected chi connectivity index (χ2v) is 5.26. The van der Waals surface area contributed by atoms with E-state index >= 15 is 0 Å². The zero-order valence-corrected chi connectivity index (χ0v) is 12.3. The van der Waals surface area contributed by atoms with Crippen LogP contribution in [0.1, 0.15) is 30.1 Å². The first-order valence-electron chi connectivity index (χ1n) is 6.31. The number of hydrogen-bond donors (Lipinski definition) is 0. The van der Waals surface area contributed by atoms with Crippen molar-refractivity contribution in [2.24, 2.45) is 5.92 Å². The summed E-state index contributed by atoms with van der Waals surface area (Å²) in [5.41, 5.74) is 0.497. The van der Waals surface area contributed by atoms with Gasteiger partial charge in [0.05, 0.1) is 18.1 Å². The molecular weight excluding hydrogens is 314 g/mol. The number of carbonyl (C=O) groups excluding carboxylic acids is 2. The zero-order valence-electron chi connectivity index (χ0n) is 10.7. The number of ether oxygens (including phenoxy) is 1. The van der Waals surface area contributed by atoms with Gasteiger partial charge in [0.25, 0.3) is 5.91 Å². The summed E-state index contributed by atoms with van der Waals surface area (Å²) in [4.78, 5) is 25.6. The lowest BCUT2D eigenvalue weighted by Crippen LogP contribution is -2.42. The third kappa shape index (κ3) is 3.37. The lowest BCUT2D eigenvalue weighted by Gasteiger charge is -2.31. The number of esters is 1. The predicted molar refractivity (Wildman–Crippen MR) is 71.7 cm³/mol. The van der Waals surface area contributed by atoms with Gasteiger partial charge in [0.2, 0.25) is 0 Å². The van der Waals surface area contributed by atoms with Crippen molar-refractivity contribution >= 4 is 27.8 Å². The Morgan fingerprint density at radius 1 is 1.58 bits per heavy atom. The summed E-state index contributed by atoms with van der Waals surface area (Å²) in [7, 11) is 0. The van der Waals surface area contributed by atoms with Gasteiger partial charge < -0.3 is 14.1 Å². The maximum atomic E-state index is 12.2. The van der Waals surface area contributed by atoms with E-state index in [0.29, 0.717) is 29.9 Å². The fourth-order valence-corrected chi connectivity index (χ4v) is 2.56. The molecule has 1 aromatic heterocycles. The van der Waals surface area contributed by atoms with Crippen LogP contribution in [-0.2, 0) is 9.53 Å². The molecule has 104 valence electrons. The molecule has 1 aliphatic rings. The van der Waals surface area contributed by atoms with Crippen molar-refractivity contribution in [1.29, 1.82) is 0 Å². The van der Waals surface area contributed by atoms with Gasteiger partial charge in [-0.05, 0) is 35.7 Å². The van der Waals surface area contributed by atoms with E-state index in [1.54, 1.807) is 17.9 Å². The molecule has 2 rings (SSSR count). The average Bonchev–Trinajstić information content (AvgIpc) is 2.85. The van der Waals surface area contributed by atoms with E-state index in [2.05, 4.69) is 15.9 Å². The van der Waals surface area contributed by atoms with Gasteiger partial charge in [-0.15, -0.1) is 0 Å². The smallest absolute Gasteiger partial charge is 0.310 e. The highest BCUT2D eigenvalue weighted by atomic mass is 79.9. The van der Waals surface area contributed by atoms with Gasteiger partial charge >= 0.3 is 5.97 Å². The Hall–Kier alpha value is -1.30. The van der Waals surface area contributed by atoms with Gasteiger partial charge in [0.1, 0.15) is 6.26 Å². The van der Waals surface area contributed by atoms with Crippen molar-refractivity contribution in [3.63, 3.8) is 0 Å². The van der Waals surface area contributed by atoms with Gasteiger partial charge in [-0.1, -0.05) is 0 Å². The highest BCUT2D eigenvalue weighted by Crippen LogP contribution is 2.21. The minimum absolute atomic E-state index is 0.108. The van der Waals surface area contributed by atoms with Crippen LogP contribution in [0.2, 0.25) is 0 Å². The SMILES string of the molecule is CCOC(=O)C1CCCN(C(=O)c2coc(Br)c2)C1. The highest BCUT2D eigenvalue weighted by molar-refractivity contribution is 9.10. The van der Waals surface area contributed by atoms with Crippen LogP contribution in [-0.4, -0.2) is 36.5 Å². The Balaban J connectivity index is 2.01. The summed E-state index contributed by atoms with van der Waals surface area (Å²) in [6.07, 6.45) is 3.01. The van der Waals surface area contributed by atoms with Crippen molar-refractivity contribution in [3.05, 3.63) is 22.6 Å². The van der Waals surface area contributed by atoms with E-state index in [4.69, 9.17) is 9.15 Å². The first-order valence-corrected chi connectivity index (χ1v) is 7.11. The number of amides is 1. The topological polar surface area (TPSA) is 59.8 Å². The Labute approximate surface area is 120 Å². The zero-order chi connectivity index (χ0) is 13.8. The molecule has 1 fully saturated rings. The molecule has 0 saturated carbocycles. The standard InChI is InChI=1S/C13H16BrNO4/c1-2-18-13(17)9-4-3-5-15(7-9)12(16)10-6-11(14)19-8-10/h6,8-9H,2-5,7H2,1H3. The number of furan rings is 1. The van der Waals surface area contributed by atoms with E-state index in [-0.39, 0.29) is 17.8 Å². The number of nitrogens with zero attached hydrogens (tertiary/aromatic N) is 1. The molecule has 2 heterocycles. The molecule has 1 aromatic rings. The number of likely N-dealkylation sites (tertiary alicyclic amines) is 1. The second-order valence-electron chi connectivity index (χ2n) is 4.48. The molecular formula is C13H16BrNO4. The summed E-state index contributed by atoms with van der Waals surface area (Å²) in [6.45, 7) is 3.24. The minimum Gasteiger partial charge on any atom is -0.466 e. The maximum absolute atomic E-state index is 12.2. The van der Waals surface area contributed by atoms with Crippen molar-refractivity contribution in [1.82, 2.24) is 4.90 Å². The number of piperidine rings is 1. The monoisotopic (exact) mass is 329 g/mol. The Morgan fingerprint density at radius 3 is 3.00 bits per heavy atom. The summed E-state index contributed by atoms with van der Waals surface area (Å²) in [5.74, 6) is -0.537. The van der Waals surface area contributed by atoms with Gasteiger partial charge in [0, 0.05) is 19.2 Å². The summed E-state index contributed by atoms with van der Waals surface area (Å²) in [6, 6.07) is 1.64. The van der Waals surface area contributed by atoms with Gasteiger partial charge in [-0.25, -0.2) is 0 Å². The molecule has 0 bridgehead atoms. The van der Waals surface area contributed by atoms with Crippen LogP contribution in [0, 0.1) is 5.92 Å². The lowest BCUT2D eigenvalue weighted by molar-refractivity contribution is -0.149. The van der Waals surface area contributed by atoms with E-state index in [0.717, 1.165) is 12.8 Å². The molecule has 6 heteroatoms. The van der Waals surface area contributed by atoms with Crippen molar-refractivity contribution in [2.75, 3.05) is 19.7 Å². The maximum Gasteiger partial charge on any atom is 0.310 e. The highest BCUT2D eigenvalue weighted by Gasteiger charge is 2.30. The minimum atomic E-state index is -0.215. The summed E-state index contributed by atoms with van der Waals surface area (Å²) < 4.78 is 10.6. The number of hydrogen-bond acceptors (Lipinski definition) is 4. The molecule has 0 spiro atoms. The fraction of sp³-hybridized carbons (Fsp3) is 0.538. The van der Waals surface area contributed by atoms with Crippen molar-refractivity contribution in [3.8, 4) is 0 Å². The molecule has 19 heavy (non-hydrogen) atoms.